The Morgan fingerprint density at radius 1 is 1.25 bits per heavy atom. The number of hydrogen-bond acceptors (Lipinski definition) is 7. The second-order valence-electron chi connectivity index (χ2n) is 5.61. The van der Waals surface area contributed by atoms with Gasteiger partial charge in [0.05, 0.1) is 11.3 Å². The van der Waals surface area contributed by atoms with E-state index in [0.29, 0.717) is 35.6 Å². The van der Waals surface area contributed by atoms with E-state index in [2.05, 4.69) is 20.8 Å². The zero-order chi connectivity index (χ0) is 17.1. The average Bonchev–Trinajstić information content (AvgIpc) is 3.03. The van der Waals surface area contributed by atoms with Crippen LogP contribution in [0.4, 0.5) is 5.69 Å². The standard InChI is InChI=1S/C15H19N5O3S/c1-9(2)20-15(17-18-19-20)24-10(3)14(21)16-11-4-5-12-13(8-11)23-7-6-22-12/h4-5,8-10H,6-7H2,1-3H3,(H,16,21). The molecule has 1 atom stereocenters. The van der Waals surface area contributed by atoms with Gasteiger partial charge in [0, 0.05) is 11.8 Å². The highest BCUT2D eigenvalue weighted by atomic mass is 32.2. The molecule has 0 radical (unpaired) electrons. The van der Waals surface area contributed by atoms with E-state index in [1.54, 1.807) is 22.9 Å². The van der Waals surface area contributed by atoms with Gasteiger partial charge >= 0.3 is 0 Å². The van der Waals surface area contributed by atoms with Gasteiger partial charge in [0.25, 0.3) is 0 Å². The Morgan fingerprint density at radius 3 is 2.75 bits per heavy atom. The maximum Gasteiger partial charge on any atom is 0.237 e. The van der Waals surface area contributed by atoms with Gasteiger partial charge in [-0.1, -0.05) is 11.8 Å². The largest absolute Gasteiger partial charge is 0.486 e. The number of amides is 1. The molecule has 1 aromatic carbocycles. The van der Waals surface area contributed by atoms with Crippen molar-refractivity contribution in [3.05, 3.63) is 18.2 Å². The molecule has 0 saturated carbocycles. The summed E-state index contributed by atoms with van der Waals surface area (Å²) in [5.74, 6) is 1.20. The highest BCUT2D eigenvalue weighted by Crippen LogP contribution is 2.33. The molecule has 8 nitrogen and oxygen atoms in total. The zero-order valence-corrected chi connectivity index (χ0v) is 14.5. The van der Waals surface area contributed by atoms with E-state index in [0.717, 1.165) is 0 Å². The number of aromatic nitrogens is 4. The monoisotopic (exact) mass is 349 g/mol. The predicted molar refractivity (Wildman–Crippen MR) is 89.6 cm³/mol. The Balaban J connectivity index is 1.65. The topological polar surface area (TPSA) is 91.2 Å². The highest BCUT2D eigenvalue weighted by molar-refractivity contribution is 8.00. The molecule has 3 rings (SSSR count). The molecule has 1 N–H and O–H groups in total. The number of anilines is 1. The zero-order valence-electron chi connectivity index (χ0n) is 13.7. The number of fused-ring (bicyclic) bond motifs is 1. The molecule has 0 spiro atoms. The molecular formula is C15H19N5O3S. The number of carbonyl (C=O) groups excluding carboxylic acids is 1. The summed E-state index contributed by atoms with van der Waals surface area (Å²) >= 11 is 1.32. The Bertz CT molecular complexity index is 734. The first-order chi connectivity index (χ1) is 11.5. The van der Waals surface area contributed by atoms with Crippen molar-refractivity contribution in [3.8, 4) is 11.5 Å². The molecule has 0 saturated heterocycles. The van der Waals surface area contributed by atoms with Crippen molar-refractivity contribution >= 4 is 23.4 Å². The van der Waals surface area contributed by atoms with Crippen molar-refractivity contribution < 1.29 is 14.3 Å². The Kier molecular flexibility index (Phi) is 4.89. The molecule has 1 amide bonds. The molecule has 2 aromatic rings. The van der Waals surface area contributed by atoms with Crippen molar-refractivity contribution in [2.75, 3.05) is 18.5 Å². The molecular weight excluding hydrogens is 330 g/mol. The van der Waals surface area contributed by atoms with E-state index in [1.165, 1.54) is 11.8 Å². The summed E-state index contributed by atoms with van der Waals surface area (Å²) in [6.45, 7) is 6.84. The van der Waals surface area contributed by atoms with E-state index in [-0.39, 0.29) is 17.2 Å². The summed E-state index contributed by atoms with van der Waals surface area (Å²) in [7, 11) is 0. The SMILES string of the molecule is CC(Sc1nnnn1C(C)C)C(=O)Nc1ccc2c(c1)OCCO2. The molecule has 0 aliphatic carbocycles. The second-order valence-corrected chi connectivity index (χ2v) is 6.92. The first-order valence-corrected chi connectivity index (χ1v) is 8.57. The lowest BCUT2D eigenvalue weighted by molar-refractivity contribution is -0.115. The average molecular weight is 349 g/mol. The fraction of sp³-hybridized carbons (Fsp3) is 0.467. The normalized spacial score (nSPS) is 14.5. The summed E-state index contributed by atoms with van der Waals surface area (Å²) in [6.07, 6.45) is 0. The molecule has 1 aliphatic rings. The van der Waals surface area contributed by atoms with Crippen molar-refractivity contribution in [1.29, 1.82) is 0 Å². The van der Waals surface area contributed by atoms with Gasteiger partial charge < -0.3 is 14.8 Å². The van der Waals surface area contributed by atoms with Crippen LogP contribution in [0.2, 0.25) is 0 Å². The number of benzene rings is 1. The lowest BCUT2D eigenvalue weighted by atomic mass is 10.2. The minimum absolute atomic E-state index is 0.130. The third-order valence-electron chi connectivity index (χ3n) is 3.41. The van der Waals surface area contributed by atoms with Crippen LogP contribution in [0.15, 0.2) is 23.4 Å². The number of thioether (sulfide) groups is 1. The molecule has 9 heteroatoms. The molecule has 128 valence electrons. The number of tetrazole rings is 1. The van der Waals surface area contributed by atoms with Gasteiger partial charge in [-0.05, 0) is 43.3 Å². The van der Waals surface area contributed by atoms with Gasteiger partial charge in [-0.25, -0.2) is 4.68 Å². The van der Waals surface area contributed by atoms with Crippen molar-refractivity contribution in [2.24, 2.45) is 0 Å². The van der Waals surface area contributed by atoms with Crippen LogP contribution in [0.3, 0.4) is 0 Å². The van der Waals surface area contributed by atoms with Crippen LogP contribution in [0.5, 0.6) is 11.5 Å². The summed E-state index contributed by atoms with van der Waals surface area (Å²) in [6, 6.07) is 5.49. The van der Waals surface area contributed by atoms with Gasteiger partial charge in [0.1, 0.15) is 13.2 Å². The highest BCUT2D eigenvalue weighted by Gasteiger charge is 2.20. The Labute approximate surface area is 143 Å². The van der Waals surface area contributed by atoms with Gasteiger partial charge in [-0.3, -0.25) is 4.79 Å². The first-order valence-electron chi connectivity index (χ1n) is 7.69. The van der Waals surface area contributed by atoms with Gasteiger partial charge in [-0.15, -0.1) is 5.10 Å². The van der Waals surface area contributed by atoms with Crippen LogP contribution in [0.25, 0.3) is 0 Å². The summed E-state index contributed by atoms with van der Waals surface area (Å²) < 4.78 is 12.7. The molecule has 1 aliphatic heterocycles. The minimum Gasteiger partial charge on any atom is -0.486 e. The van der Waals surface area contributed by atoms with E-state index in [9.17, 15) is 4.79 Å². The maximum absolute atomic E-state index is 12.4. The fourth-order valence-electron chi connectivity index (χ4n) is 2.16. The smallest absolute Gasteiger partial charge is 0.237 e. The third-order valence-corrected chi connectivity index (χ3v) is 4.46. The van der Waals surface area contributed by atoms with Gasteiger partial charge in [0.15, 0.2) is 11.5 Å². The van der Waals surface area contributed by atoms with Crippen LogP contribution >= 0.6 is 11.8 Å². The van der Waals surface area contributed by atoms with E-state index < -0.39 is 0 Å². The predicted octanol–water partition coefficient (Wildman–Crippen LogP) is 2.14. The number of nitrogens with zero attached hydrogens (tertiary/aromatic N) is 4. The van der Waals surface area contributed by atoms with Crippen molar-refractivity contribution in [1.82, 2.24) is 20.2 Å². The number of carbonyl (C=O) groups is 1. The van der Waals surface area contributed by atoms with Crippen molar-refractivity contribution in [3.63, 3.8) is 0 Å². The number of hydrogen-bond donors (Lipinski definition) is 1. The van der Waals surface area contributed by atoms with E-state index in [4.69, 9.17) is 9.47 Å². The van der Waals surface area contributed by atoms with Gasteiger partial charge in [0.2, 0.25) is 11.1 Å². The number of nitrogens with one attached hydrogen (secondary N) is 1. The first kappa shape index (κ1) is 16.6. The van der Waals surface area contributed by atoms with Crippen LogP contribution in [0.1, 0.15) is 26.8 Å². The van der Waals surface area contributed by atoms with E-state index in [1.807, 2.05) is 20.8 Å². The summed E-state index contributed by atoms with van der Waals surface area (Å²) in [4.78, 5) is 12.4. The lowest BCUT2D eigenvalue weighted by Crippen LogP contribution is -2.23. The Hall–Kier alpha value is -2.29. The van der Waals surface area contributed by atoms with Crippen LogP contribution in [-0.2, 0) is 4.79 Å². The van der Waals surface area contributed by atoms with Crippen molar-refractivity contribution in [2.45, 2.75) is 37.2 Å². The lowest BCUT2D eigenvalue weighted by Gasteiger charge is -2.19. The van der Waals surface area contributed by atoms with Crippen LogP contribution in [-0.4, -0.2) is 44.6 Å². The molecule has 1 unspecified atom stereocenters. The van der Waals surface area contributed by atoms with Crippen LogP contribution < -0.4 is 14.8 Å². The van der Waals surface area contributed by atoms with E-state index >= 15 is 0 Å². The molecule has 0 bridgehead atoms. The van der Waals surface area contributed by atoms with Crippen LogP contribution in [0, 0.1) is 0 Å². The second kappa shape index (κ2) is 7.08. The quantitative estimate of drug-likeness (QED) is 0.827. The maximum atomic E-state index is 12.4. The number of ether oxygens (including phenoxy) is 2. The fourth-order valence-corrected chi connectivity index (χ4v) is 3.08. The summed E-state index contributed by atoms with van der Waals surface area (Å²) in [5, 5.41) is 14.7. The molecule has 2 heterocycles. The molecule has 1 aromatic heterocycles. The molecule has 0 fully saturated rings. The minimum atomic E-state index is -0.346. The third kappa shape index (κ3) is 3.61. The number of rotatable bonds is 5. The van der Waals surface area contributed by atoms with Gasteiger partial charge in [-0.2, -0.15) is 0 Å². The molecule has 24 heavy (non-hydrogen) atoms. The Morgan fingerprint density at radius 2 is 2.00 bits per heavy atom. The summed E-state index contributed by atoms with van der Waals surface area (Å²) in [5.41, 5.74) is 0.667.